The topological polar surface area (TPSA) is 57.8 Å². The molecule has 0 saturated heterocycles. The molecule has 1 N–H and O–H groups in total. The Morgan fingerprint density at radius 1 is 1.53 bits per heavy atom. The smallest absolute Gasteiger partial charge is 0.356 e. The highest BCUT2D eigenvalue weighted by Crippen LogP contribution is 2.36. The van der Waals surface area contributed by atoms with Crippen molar-refractivity contribution in [2.24, 2.45) is 5.92 Å². The summed E-state index contributed by atoms with van der Waals surface area (Å²) in [6.07, 6.45) is 4.19. The molecule has 0 aliphatic heterocycles. The number of carboxylic acid groups (broad SMARTS) is 1. The van der Waals surface area contributed by atoms with Crippen molar-refractivity contribution in [2.45, 2.75) is 25.8 Å². The molecule has 19 heavy (non-hydrogen) atoms. The van der Waals surface area contributed by atoms with Gasteiger partial charge in [-0.3, -0.25) is 4.40 Å². The second-order valence-electron chi connectivity index (χ2n) is 5.21. The molecule has 2 aromatic heterocycles. The Morgan fingerprint density at radius 3 is 2.89 bits per heavy atom. The van der Waals surface area contributed by atoms with Gasteiger partial charge in [0.1, 0.15) is 5.65 Å². The zero-order valence-corrected chi connectivity index (χ0v) is 11.1. The van der Waals surface area contributed by atoms with Crippen LogP contribution in [0.5, 0.6) is 0 Å². The zero-order valence-electron chi connectivity index (χ0n) is 11.1. The average molecular weight is 259 g/mol. The summed E-state index contributed by atoms with van der Waals surface area (Å²) in [6, 6.07) is 5.83. The summed E-state index contributed by atoms with van der Waals surface area (Å²) in [5, 5.41) is 9.45. The number of hydrogen-bond acceptors (Lipinski definition) is 3. The molecule has 3 rings (SSSR count). The summed E-state index contributed by atoms with van der Waals surface area (Å²) in [5.41, 5.74) is 0.912. The van der Waals surface area contributed by atoms with E-state index in [9.17, 15) is 9.90 Å². The molecule has 1 fully saturated rings. The van der Waals surface area contributed by atoms with Crippen LogP contribution in [0, 0.1) is 5.92 Å². The van der Waals surface area contributed by atoms with Gasteiger partial charge >= 0.3 is 5.97 Å². The molecule has 0 bridgehead atoms. The molecule has 0 spiro atoms. The van der Waals surface area contributed by atoms with E-state index in [1.807, 2.05) is 30.1 Å². The van der Waals surface area contributed by atoms with E-state index in [1.165, 1.54) is 12.8 Å². The van der Waals surface area contributed by atoms with Crippen molar-refractivity contribution >= 4 is 17.4 Å². The molecule has 1 saturated carbocycles. The Morgan fingerprint density at radius 2 is 2.26 bits per heavy atom. The molecule has 0 radical (unpaired) electrons. The van der Waals surface area contributed by atoms with E-state index < -0.39 is 5.97 Å². The molecule has 2 heterocycles. The summed E-state index contributed by atoms with van der Waals surface area (Å²) in [6.45, 7) is 2.13. The first-order valence-corrected chi connectivity index (χ1v) is 6.53. The third kappa shape index (κ3) is 1.95. The number of aromatic nitrogens is 2. The number of fused-ring (bicyclic) bond motifs is 1. The summed E-state index contributed by atoms with van der Waals surface area (Å²) in [7, 11) is 1.93. The number of carbonyl (C=O) groups is 1. The number of nitrogens with zero attached hydrogens (tertiary/aromatic N) is 3. The van der Waals surface area contributed by atoms with Gasteiger partial charge in [0, 0.05) is 19.3 Å². The normalized spacial score (nSPS) is 16.5. The van der Waals surface area contributed by atoms with Gasteiger partial charge in [0.25, 0.3) is 0 Å². The van der Waals surface area contributed by atoms with Crippen LogP contribution in [-0.4, -0.2) is 33.6 Å². The van der Waals surface area contributed by atoms with Crippen molar-refractivity contribution in [3.05, 3.63) is 30.1 Å². The van der Waals surface area contributed by atoms with E-state index in [0.29, 0.717) is 23.4 Å². The lowest BCUT2D eigenvalue weighted by molar-refractivity contribution is 0.0690. The Labute approximate surface area is 111 Å². The molecule has 5 heteroatoms. The van der Waals surface area contributed by atoms with Crippen LogP contribution in [0.15, 0.2) is 24.4 Å². The third-order valence-electron chi connectivity index (χ3n) is 3.96. The van der Waals surface area contributed by atoms with Gasteiger partial charge < -0.3 is 10.0 Å². The van der Waals surface area contributed by atoms with Gasteiger partial charge in [-0.2, -0.15) is 0 Å². The van der Waals surface area contributed by atoms with E-state index in [4.69, 9.17) is 0 Å². The van der Waals surface area contributed by atoms with E-state index >= 15 is 0 Å². The molecular weight excluding hydrogens is 242 g/mol. The summed E-state index contributed by atoms with van der Waals surface area (Å²) in [5.74, 6) is 0.276. The SMILES string of the molecule is CC(C1CC1)N(C)c1nc2ccccn2c1C(=O)O. The van der Waals surface area contributed by atoms with Crippen LogP contribution in [0.4, 0.5) is 5.82 Å². The fraction of sp³-hybridized carbons (Fsp3) is 0.429. The molecule has 1 aliphatic rings. The lowest BCUT2D eigenvalue weighted by atomic mass is 10.2. The Bertz CT molecular complexity index is 631. The Kier molecular flexibility index (Phi) is 2.69. The maximum atomic E-state index is 11.5. The van der Waals surface area contributed by atoms with Gasteiger partial charge in [0.05, 0.1) is 0 Å². The van der Waals surface area contributed by atoms with Crippen LogP contribution < -0.4 is 4.90 Å². The van der Waals surface area contributed by atoms with E-state index in [-0.39, 0.29) is 5.69 Å². The first kappa shape index (κ1) is 12.0. The molecule has 2 aromatic rings. The molecule has 100 valence electrons. The van der Waals surface area contributed by atoms with Gasteiger partial charge in [-0.1, -0.05) is 6.07 Å². The molecule has 5 nitrogen and oxygen atoms in total. The van der Waals surface area contributed by atoms with Gasteiger partial charge in [0.15, 0.2) is 11.5 Å². The second-order valence-corrected chi connectivity index (χ2v) is 5.21. The number of pyridine rings is 1. The molecule has 1 aliphatic carbocycles. The summed E-state index contributed by atoms with van der Waals surface area (Å²) in [4.78, 5) is 18.0. The summed E-state index contributed by atoms with van der Waals surface area (Å²) >= 11 is 0. The number of rotatable bonds is 4. The predicted octanol–water partition coefficient (Wildman–Crippen LogP) is 2.27. The minimum absolute atomic E-state index is 0.241. The number of aromatic carboxylic acids is 1. The monoisotopic (exact) mass is 259 g/mol. The summed E-state index contributed by atoms with van der Waals surface area (Å²) < 4.78 is 1.63. The highest BCUT2D eigenvalue weighted by molar-refractivity contribution is 5.93. The van der Waals surface area contributed by atoms with Crippen LogP contribution in [0.2, 0.25) is 0 Å². The highest BCUT2D eigenvalue weighted by atomic mass is 16.4. The lowest BCUT2D eigenvalue weighted by Crippen LogP contribution is -2.32. The van der Waals surface area contributed by atoms with Gasteiger partial charge in [-0.05, 0) is 37.8 Å². The Hall–Kier alpha value is -2.04. The standard InChI is InChI=1S/C14H17N3O2/c1-9(10-6-7-10)16(2)13-12(14(18)19)17-8-4-3-5-11(17)15-13/h3-5,8-10H,6-7H2,1-2H3,(H,18,19). The zero-order chi connectivity index (χ0) is 13.6. The Balaban J connectivity index is 2.11. The van der Waals surface area contributed by atoms with Gasteiger partial charge in [-0.15, -0.1) is 0 Å². The molecular formula is C14H17N3O2. The van der Waals surface area contributed by atoms with Crippen LogP contribution in [-0.2, 0) is 0 Å². The van der Waals surface area contributed by atoms with Crippen molar-refractivity contribution in [2.75, 3.05) is 11.9 Å². The fourth-order valence-electron chi connectivity index (χ4n) is 2.52. The quantitative estimate of drug-likeness (QED) is 0.915. The first-order valence-electron chi connectivity index (χ1n) is 6.53. The van der Waals surface area contributed by atoms with Crippen molar-refractivity contribution in [1.82, 2.24) is 9.38 Å². The predicted molar refractivity (Wildman–Crippen MR) is 72.7 cm³/mol. The van der Waals surface area contributed by atoms with Crippen molar-refractivity contribution < 1.29 is 9.90 Å². The van der Waals surface area contributed by atoms with Gasteiger partial charge in [-0.25, -0.2) is 9.78 Å². The van der Waals surface area contributed by atoms with Crippen molar-refractivity contribution in [3.63, 3.8) is 0 Å². The maximum Gasteiger partial charge on any atom is 0.356 e. The maximum absolute atomic E-state index is 11.5. The molecule has 0 aromatic carbocycles. The minimum atomic E-state index is -0.941. The molecule has 1 unspecified atom stereocenters. The lowest BCUT2D eigenvalue weighted by Gasteiger charge is -2.25. The molecule has 0 amide bonds. The van der Waals surface area contributed by atoms with Crippen molar-refractivity contribution in [1.29, 1.82) is 0 Å². The highest BCUT2D eigenvalue weighted by Gasteiger charge is 2.33. The number of imidazole rings is 1. The minimum Gasteiger partial charge on any atom is -0.476 e. The average Bonchev–Trinajstić information content (AvgIpc) is 3.16. The van der Waals surface area contributed by atoms with E-state index in [0.717, 1.165) is 0 Å². The van der Waals surface area contributed by atoms with Crippen LogP contribution in [0.1, 0.15) is 30.3 Å². The number of hydrogen-bond donors (Lipinski definition) is 1. The molecule has 1 atom stereocenters. The number of anilines is 1. The van der Waals surface area contributed by atoms with Crippen LogP contribution in [0.3, 0.4) is 0 Å². The van der Waals surface area contributed by atoms with Crippen LogP contribution in [0.25, 0.3) is 5.65 Å². The van der Waals surface area contributed by atoms with Crippen LogP contribution >= 0.6 is 0 Å². The van der Waals surface area contributed by atoms with E-state index in [2.05, 4.69) is 11.9 Å². The number of carboxylic acids is 1. The van der Waals surface area contributed by atoms with Crippen molar-refractivity contribution in [3.8, 4) is 0 Å². The van der Waals surface area contributed by atoms with E-state index in [1.54, 1.807) is 10.6 Å². The largest absolute Gasteiger partial charge is 0.476 e. The fourth-order valence-corrected chi connectivity index (χ4v) is 2.52. The third-order valence-corrected chi connectivity index (χ3v) is 3.96. The second kappa shape index (κ2) is 4.26. The van der Waals surface area contributed by atoms with Gasteiger partial charge in [0.2, 0.25) is 0 Å². The first-order chi connectivity index (χ1) is 9.09.